The molecule has 1 aromatic carbocycles. The molecule has 6 nitrogen and oxygen atoms in total. The van der Waals surface area contributed by atoms with Crippen molar-refractivity contribution >= 4 is 27.9 Å². The molecule has 18 heavy (non-hydrogen) atoms. The van der Waals surface area contributed by atoms with Crippen molar-refractivity contribution in [1.29, 1.82) is 0 Å². The molecule has 0 spiro atoms. The third-order valence-corrected chi connectivity index (χ3v) is 2.49. The molecular weight excluding hydrogens is 306 g/mol. The maximum absolute atomic E-state index is 9.21. The van der Waals surface area contributed by atoms with Crippen LogP contribution in [0.5, 0.6) is 0 Å². The van der Waals surface area contributed by atoms with Gasteiger partial charge >= 0.3 is 11.9 Å². The highest BCUT2D eigenvalue weighted by molar-refractivity contribution is 9.10. The summed E-state index contributed by atoms with van der Waals surface area (Å²) in [6, 6.07) is 7.34. The van der Waals surface area contributed by atoms with Crippen molar-refractivity contribution < 1.29 is 24.9 Å². The highest BCUT2D eigenvalue weighted by Gasteiger charge is 2.10. The lowest BCUT2D eigenvalue weighted by Gasteiger charge is -2.14. The summed E-state index contributed by atoms with van der Waals surface area (Å²) in [5.41, 5.74) is 6.67. The third-order valence-electron chi connectivity index (χ3n) is 1.96. The molecule has 7 heteroatoms. The minimum absolute atomic E-state index is 0.293. The van der Waals surface area contributed by atoms with E-state index in [2.05, 4.69) is 15.9 Å². The number of aliphatic hydroxyl groups is 1. The molecular formula is C11H14BrNO5. The lowest BCUT2D eigenvalue weighted by atomic mass is 10.0. The second kappa shape index (κ2) is 7.80. The van der Waals surface area contributed by atoms with Gasteiger partial charge in [0.1, 0.15) is 0 Å². The van der Waals surface area contributed by atoms with Gasteiger partial charge in [-0.15, -0.1) is 0 Å². The number of benzene rings is 1. The Morgan fingerprint density at radius 2 is 1.56 bits per heavy atom. The Morgan fingerprint density at radius 1 is 1.17 bits per heavy atom. The van der Waals surface area contributed by atoms with Crippen molar-refractivity contribution in [2.45, 2.75) is 19.1 Å². The number of aliphatic carboxylic acids is 2. The summed E-state index contributed by atoms with van der Waals surface area (Å²) in [6.45, 7) is 1.69. The molecule has 0 saturated heterocycles. The number of aliphatic hydroxyl groups excluding tert-OH is 1. The Morgan fingerprint density at radius 3 is 1.83 bits per heavy atom. The standard InChI is InChI=1S/C9H12BrNO.C2H2O4/c1-6(12)9(11)7-2-4-8(10)5-3-7;3-1(4)2(5)6/h2-6,9,12H,11H2,1H3;(H,3,4)(H,5,6)/t6-,9+;/m0./s1. The lowest BCUT2D eigenvalue weighted by Crippen LogP contribution is -2.22. The van der Waals surface area contributed by atoms with Gasteiger partial charge in [-0.2, -0.15) is 0 Å². The van der Waals surface area contributed by atoms with Crippen LogP contribution in [-0.2, 0) is 9.59 Å². The van der Waals surface area contributed by atoms with E-state index in [-0.39, 0.29) is 6.04 Å². The topological polar surface area (TPSA) is 121 Å². The van der Waals surface area contributed by atoms with Crippen molar-refractivity contribution in [3.05, 3.63) is 34.3 Å². The van der Waals surface area contributed by atoms with Gasteiger partial charge in [0.2, 0.25) is 0 Å². The lowest BCUT2D eigenvalue weighted by molar-refractivity contribution is -0.159. The molecule has 0 aliphatic rings. The zero-order valence-electron chi connectivity index (χ0n) is 9.58. The average molecular weight is 320 g/mol. The number of rotatable bonds is 2. The first kappa shape index (κ1) is 16.6. The first-order valence-corrected chi connectivity index (χ1v) is 5.70. The molecule has 1 aromatic rings. The van der Waals surface area contributed by atoms with E-state index < -0.39 is 18.0 Å². The third kappa shape index (κ3) is 6.33. The fourth-order valence-electron chi connectivity index (χ4n) is 0.964. The van der Waals surface area contributed by atoms with E-state index in [1.807, 2.05) is 24.3 Å². The smallest absolute Gasteiger partial charge is 0.414 e. The average Bonchev–Trinajstić information content (AvgIpc) is 2.29. The van der Waals surface area contributed by atoms with Crippen LogP contribution in [0.3, 0.4) is 0 Å². The molecule has 0 radical (unpaired) electrons. The minimum atomic E-state index is -1.82. The fourth-order valence-corrected chi connectivity index (χ4v) is 1.23. The second-order valence-electron chi connectivity index (χ2n) is 3.43. The fraction of sp³-hybridized carbons (Fsp3) is 0.273. The van der Waals surface area contributed by atoms with Crippen molar-refractivity contribution in [2.24, 2.45) is 5.73 Å². The number of carboxylic acid groups (broad SMARTS) is 2. The largest absolute Gasteiger partial charge is 0.473 e. The molecule has 0 saturated carbocycles. The molecule has 0 fully saturated rings. The molecule has 2 atom stereocenters. The Bertz CT molecular complexity index is 392. The van der Waals surface area contributed by atoms with Crippen LogP contribution in [0.1, 0.15) is 18.5 Å². The zero-order valence-corrected chi connectivity index (χ0v) is 11.2. The first-order valence-electron chi connectivity index (χ1n) is 4.91. The van der Waals surface area contributed by atoms with Gasteiger partial charge in [-0.05, 0) is 24.6 Å². The molecule has 1 rings (SSSR count). The number of carboxylic acids is 2. The Balaban J connectivity index is 0.000000411. The van der Waals surface area contributed by atoms with Gasteiger partial charge in [-0.3, -0.25) is 0 Å². The Labute approximate surface area is 112 Å². The van der Waals surface area contributed by atoms with Crippen LogP contribution >= 0.6 is 15.9 Å². The van der Waals surface area contributed by atoms with E-state index in [1.54, 1.807) is 6.92 Å². The molecule has 0 aromatic heterocycles. The van der Waals surface area contributed by atoms with Gasteiger partial charge < -0.3 is 21.1 Å². The molecule has 0 bridgehead atoms. The van der Waals surface area contributed by atoms with Crippen molar-refractivity contribution in [2.75, 3.05) is 0 Å². The predicted octanol–water partition coefficient (Wildman–Crippen LogP) is 0.985. The normalized spacial score (nSPS) is 12.9. The molecule has 0 amide bonds. The van der Waals surface area contributed by atoms with Crippen LogP contribution in [0.4, 0.5) is 0 Å². The maximum atomic E-state index is 9.21. The summed E-state index contributed by atoms with van der Waals surface area (Å²) in [5, 5.41) is 24.0. The molecule has 100 valence electrons. The van der Waals surface area contributed by atoms with Gasteiger partial charge in [0, 0.05) is 4.47 Å². The Kier molecular flexibility index (Phi) is 7.18. The van der Waals surface area contributed by atoms with Crippen LogP contribution < -0.4 is 5.73 Å². The number of hydrogen-bond acceptors (Lipinski definition) is 4. The second-order valence-corrected chi connectivity index (χ2v) is 4.34. The molecule has 0 aliphatic heterocycles. The highest BCUT2D eigenvalue weighted by atomic mass is 79.9. The van der Waals surface area contributed by atoms with E-state index in [0.29, 0.717) is 0 Å². The SMILES string of the molecule is C[C@H](O)[C@@H](N)c1ccc(Br)cc1.O=C(O)C(=O)O. The zero-order chi connectivity index (χ0) is 14.3. The number of nitrogens with two attached hydrogens (primary N) is 1. The van der Waals surface area contributed by atoms with Crippen LogP contribution in [0.2, 0.25) is 0 Å². The predicted molar refractivity (Wildman–Crippen MR) is 68.0 cm³/mol. The number of halogens is 1. The van der Waals surface area contributed by atoms with Crippen LogP contribution in [0, 0.1) is 0 Å². The van der Waals surface area contributed by atoms with Crippen LogP contribution in [0.15, 0.2) is 28.7 Å². The monoisotopic (exact) mass is 319 g/mol. The summed E-state index contributed by atoms with van der Waals surface area (Å²) in [5.74, 6) is -3.65. The van der Waals surface area contributed by atoms with Crippen molar-refractivity contribution in [1.82, 2.24) is 0 Å². The van der Waals surface area contributed by atoms with Gasteiger partial charge in [-0.1, -0.05) is 28.1 Å². The quantitative estimate of drug-likeness (QED) is 0.603. The van der Waals surface area contributed by atoms with Gasteiger partial charge in [0.05, 0.1) is 12.1 Å². The summed E-state index contributed by atoms with van der Waals surface area (Å²) in [4.78, 5) is 18.2. The van der Waals surface area contributed by atoms with Crippen molar-refractivity contribution in [3.63, 3.8) is 0 Å². The first-order chi connectivity index (χ1) is 8.25. The van der Waals surface area contributed by atoms with Gasteiger partial charge in [0.15, 0.2) is 0 Å². The van der Waals surface area contributed by atoms with Gasteiger partial charge in [-0.25, -0.2) is 9.59 Å². The number of hydrogen-bond donors (Lipinski definition) is 4. The van der Waals surface area contributed by atoms with E-state index in [4.69, 9.17) is 25.5 Å². The molecule has 5 N–H and O–H groups in total. The summed E-state index contributed by atoms with van der Waals surface area (Å²) in [7, 11) is 0. The molecule has 0 unspecified atom stereocenters. The maximum Gasteiger partial charge on any atom is 0.414 e. The number of carbonyl (C=O) groups is 2. The summed E-state index contributed by atoms with van der Waals surface area (Å²) >= 11 is 3.33. The Hall–Kier alpha value is -1.44. The van der Waals surface area contributed by atoms with E-state index in [9.17, 15) is 5.11 Å². The summed E-state index contributed by atoms with van der Waals surface area (Å²) < 4.78 is 1.02. The van der Waals surface area contributed by atoms with E-state index in [1.165, 1.54) is 0 Å². The minimum Gasteiger partial charge on any atom is -0.473 e. The van der Waals surface area contributed by atoms with Crippen LogP contribution in [0.25, 0.3) is 0 Å². The van der Waals surface area contributed by atoms with Crippen LogP contribution in [-0.4, -0.2) is 33.4 Å². The van der Waals surface area contributed by atoms with Crippen molar-refractivity contribution in [3.8, 4) is 0 Å². The molecule has 0 heterocycles. The summed E-state index contributed by atoms with van der Waals surface area (Å²) in [6.07, 6.45) is -0.508. The highest BCUT2D eigenvalue weighted by Crippen LogP contribution is 2.17. The van der Waals surface area contributed by atoms with E-state index in [0.717, 1.165) is 10.0 Å². The van der Waals surface area contributed by atoms with Gasteiger partial charge in [0.25, 0.3) is 0 Å². The van der Waals surface area contributed by atoms with E-state index >= 15 is 0 Å². The molecule has 0 aliphatic carbocycles.